The van der Waals surface area contributed by atoms with Crippen LogP contribution in [-0.2, 0) is 12.8 Å². The van der Waals surface area contributed by atoms with Gasteiger partial charge in [0.2, 0.25) is 0 Å². The Bertz CT molecular complexity index is 562. The van der Waals surface area contributed by atoms with E-state index in [2.05, 4.69) is 40.2 Å². The third-order valence-corrected chi connectivity index (χ3v) is 5.33. The summed E-state index contributed by atoms with van der Waals surface area (Å²) in [6.45, 7) is 0.731. The lowest BCUT2D eigenvalue weighted by Crippen LogP contribution is -2.17. The predicted octanol–water partition coefficient (Wildman–Crippen LogP) is 3.88. The van der Waals surface area contributed by atoms with Crippen LogP contribution in [0.15, 0.2) is 28.7 Å². The van der Waals surface area contributed by atoms with Crippen LogP contribution >= 0.6 is 27.3 Å². The maximum atomic E-state index is 5.86. The van der Waals surface area contributed by atoms with E-state index in [9.17, 15) is 0 Å². The van der Waals surface area contributed by atoms with Crippen molar-refractivity contribution in [1.29, 1.82) is 0 Å². The SMILES string of the molecule is NCC1CCCc2sc(Cc3ccc(Br)cc3)nc21. The van der Waals surface area contributed by atoms with Gasteiger partial charge in [-0.15, -0.1) is 11.3 Å². The highest BCUT2D eigenvalue weighted by Gasteiger charge is 2.23. The fourth-order valence-electron chi connectivity index (χ4n) is 2.64. The Balaban J connectivity index is 1.82. The van der Waals surface area contributed by atoms with Crippen LogP contribution in [0.5, 0.6) is 0 Å². The van der Waals surface area contributed by atoms with Crippen LogP contribution < -0.4 is 5.73 Å². The molecule has 1 aromatic heterocycles. The summed E-state index contributed by atoms with van der Waals surface area (Å²) in [6.07, 6.45) is 4.58. The van der Waals surface area contributed by atoms with Crippen molar-refractivity contribution in [3.63, 3.8) is 0 Å². The number of benzene rings is 1. The Labute approximate surface area is 126 Å². The van der Waals surface area contributed by atoms with Crippen LogP contribution in [0, 0.1) is 0 Å². The Morgan fingerprint density at radius 2 is 2.11 bits per heavy atom. The molecule has 0 radical (unpaired) electrons. The van der Waals surface area contributed by atoms with Gasteiger partial charge < -0.3 is 5.73 Å². The first-order valence-corrected chi connectivity index (χ1v) is 8.30. The fourth-order valence-corrected chi connectivity index (χ4v) is 4.13. The van der Waals surface area contributed by atoms with E-state index in [0.717, 1.165) is 17.4 Å². The van der Waals surface area contributed by atoms with Crippen molar-refractivity contribution in [2.45, 2.75) is 31.6 Å². The minimum atomic E-state index is 0.485. The topological polar surface area (TPSA) is 38.9 Å². The summed E-state index contributed by atoms with van der Waals surface area (Å²) in [4.78, 5) is 6.31. The molecule has 0 aliphatic heterocycles. The third-order valence-electron chi connectivity index (χ3n) is 3.67. The molecule has 0 saturated carbocycles. The molecule has 100 valence electrons. The van der Waals surface area contributed by atoms with Gasteiger partial charge in [0.25, 0.3) is 0 Å². The first kappa shape index (κ1) is 13.3. The molecule has 0 bridgehead atoms. The quantitative estimate of drug-likeness (QED) is 0.923. The van der Waals surface area contributed by atoms with Crippen molar-refractivity contribution in [3.8, 4) is 0 Å². The standard InChI is InChI=1S/C15H17BrN2S/c16-12-6-4-10(5-7-12)8-14-18-15-11(9-17)2-1-3-13(15)19-14/h4-7,11H,1-3,8-9,17H2. The van der Waals surface area contributed by atoms with Gasteiger partial charge in [-0.2, -0.15) is 0 Å². The van der Waals surface area contributed by atoms with Gasteiger partial charge in [-0.3, -0.25) is 0 Å². The number of nitrogens with zero attached hydrogens (tertiary/aromatic N) is 1. The summed E-state index contributed by atoms with van der Waals surface area (Å²) in [6, 6.07) is 8.49. The lowest BCUT2D eigenvalue weighted by molar-refractivity contribution is 0.553. The van der Waals surface area contributed by atoms with E-state index < -0.39 is 0 Å². The molecule has 19 heavy (non-hydrogen) atoms. The molecule has 0 spiro atoms. The fraction of sp³-hybridized carbons (Fsp3) is 0.400. The number of thiazole rings is 1. The minimum Gasteiger partial charge on any atom is -0.330 e. The molecule has 1 atom stereocenters. The van der Waals surface area contributed by atoms with E-state index in [-0.39, 0.29) is 0 Å². The Morgan fingerprint density at radius 1 is 1.32 bits per heavy atom. The first-order valence-electron chi connectivity index (χ1n) is 6.69. The molecule has 1 aliphatic rings. The molecule has 0 fully saturated rings. The number of aromatic nitrogens is 1. The number of fused-ring (bicyclic) bond motifs is 1. The van der Waals surface area contributed by atoms with Crippen LogP contribution in [0.3, 0.4) is 0 Å². The zero-order chi connectivity index (χ0) is 13.2. The van der Waals surface area contributed by atoms with E-state index in [0.29, 0.717) is 5.92 Å². The van der Waals surface area contributed by atoms with E-state index in [1.54, 1.807) is 0 Å². The first-order chi connectivity index (χ1) is 9.26. The third kappa shape index (κ3) is 2.91. The number of hydrogen-bond donors (Lipinski definition) is 1. The highest BCUT2D eigenvalue weighted by molar-refractivity contribution is 9.10. The number of aryl methyl sites for hydroxylation is 1. The van der Waals surface area contributed by atoms with Gasteiger partial charge in [0.1, 0.15) is 0 Å². The van der Waals surface area contributed by atoms with Crippen molar-refractivity contribution in [2.75, 3.05) is 6.54 Å². The van der Waals surface area contributed by atoms with Crippen molar-refractivity contribution in [3.05, 3.63) is 49.9 Å². The van der Waals surface area contributed by atoms with Gasteiger partial charge in [0.05, 0.1) is 10.7 Å². The van der Waals surface area contributed by atoms with Gasteiger partial charge in [-0.05, 0) is 37.0 Å². The Morgan fingerprint density at radius 3 is 2.84 bits per heavy atom. The highest BCUT2D eigenvalue weighted by Crippen LogP contribution is 2.34. The average Bonchev–Trinajstić information content (AvgIpc) is 2.83. The molecule has 1 heterocycles. The van der Waals surface area contributed by atoms with E-state index >= 15 is 0 Å². The van der Waals surface area contributed by atoms with Gasteiger partial charge in [0.15, 0.2) is 0 Å². The van der Waals surface area contributed by atoms with Gasteiger partial charge in [-0.1, -0.05) is 28.1 Å². The summed E-state index contributed by atoms with van der Waals surface area (Å²) < 4.78 is 1.12. The molecular weight excluding hydrogens is 320 g/mol. The molecule has 2 aromatic rings. The molecule has 1 aromatic carbocycles. The predicted molar refractivity (Wildman–Crippen MR) is 83.8 cm³/mol. The number of rotatable bonds is 3. The second kappa shape index (κ2) is 5.73. The van der Waals surface area contributed by atoms with Gasteiger partial charge in [-0.25, -0.2) is 4.98 Å². The molecule has 0 amide bonds. The van der Waals surface area contributed by atoms with E-state index in [1.807, 2.05) is 11.3 Å². The smallest absolute Gasteiger partial charge is 0.0975 e. The molecular formula is C15H17BrN2S. The summed E-state index contributed by atoms with van der Waals surface area (Å²) in [7, 11) is 0. The van der Waals surface area contributed by atoms with Gasteiger partial charge >= 0.3 is 0 Å². The van der Waals surface area contributed by atoms with Crippen molar-refractivity contribution >= 4 is 27.3 Å². The van der Waals surface area contributed by atoms with Crippen molar-refractivity contribution < 1.29 is 0 Å². The lowest BCUT2D eigenvalue weighted by atomic mass is 9.91. The van der Waals surface area contributed by atoms with Crippen LogP contribution in [0.4, 0.5) is 0 Å². The maximum Gasteiger partial charge on any atom is 0.0975 e. The van der Waals surface area contributed by atoms with Crippen LogP contribution in [0.25, 0.3) is 0 Å². The highest BCUT2D eigenvalue weighted by atomic mass is 79.9. The zero-order valence-electron chi connectivity index (χ0n) is 10.7. The molecule has 4 heteroatoms. The minimum absolute atomic E-state index is 0.485. The Hall–Kier alpha value is -0.710. The maximum absolute atomic E-state index is 5.86. The lowest BCUT2D eigenvalue weighted by Gasteiger charge is -2.18. The van der Waals surface area contributed by atoms with Crippen LogP contribution in [0.1, 0.15) is 39.9 Å². The van der Waals surface area contributed by atoms with Crippen LogP contribution in [0.2, 0.25) is 0 Å². The largest absolute Gasteiger partial charge is 0.330 e. The van der Waals surface area contributed by atoms with E-state index in [1.165, 1.54) is 40.4 Å². The Kier molecular flexibility index (Phi) is 4.01. The number of halogens is 1. The summed E-state index contributed by atoms with van der Waals surface area (Å²) in [5, 5.41) is 1.23. The molecule has 1 unspecified atom stereocenters. The summed E-state index contributed by atoms with van der Waals surface area (Å²) in [5.74, 6) is 0.485. The number of nitrogens with two attached hydrogens (primary N) is 1. The zero-order valence-corrected chi connectivity index (χ0v) is 13.1. The molecule has 1 aliphatic carbocycles. The summed E-state index contributed by atoms with van der Waals surface area (Å²) >= 11 is 5.34. The molecule has 3 rings (SSSR count). The normalized spacial score (nSPS) is 18.3. The molecule has 2 N–H and O–H groups in total. The van der Waals surface area contributed by atoms with Crippen molar-refractivity contribution in [1.82, 2.24) is 4.98 Å². The monoisotopic (exact) mass is 336 g/mol. The van der Waals surface area contributed by atoms with Gasteiger partial charge in [0, 0.05) is 28.2 Å². The number of hydrogen-bond acceptors (Lipinski definition) is 3. The van der Waals surface area contributed by atoms with Crippen molar-refractivity contribution in [2.24, 2.45) is 5.73 Å². The molecule has 0 saturated heterocycles. The van der Waals surface area contributed by atoms with E-state index in [4.69, 9.17) is 10.7 Å². The summed E-state index contributed by atoms with van der Waals surface area (Å²) in [5.41, 5.74) is 8.46. The average molecular weight is 337 g/mol. The second-order valence-corrected chi connectivity index (χ2v) is 7.13. The second-order valence-electron chi connectivity index (χ2n) is 5.04. The molecule has 2 nitrogen and oxygen atoms in total. The van der Waals surface area contributed by atoms with Crippen LogP contribution in [-0.4, -0.2) is 11.5 Å².